The molecule has 6 nitrogen and oxygen atoms in total. The van der Waals surface area contributed by atoms with Crippen molar-refractivity contribution in [3.8, 4) is 0 Å². The number of carbonyl (C=O) groups excluding carboxylic acids is 1. The number of hydrogen-bond donors (Lipinski definition) is 0. The van der Waals surface area contributed by atoms with Crippen LogP contribution in [0.4, 0.5) is 13.2 Å². The molecule has 0 spiro atoms. The van der Waals surface area contributed by atoms with E-state index in [-0.39, 0.29) is 26.3 Å². The van der Waals surface area contributed by atoms with Crippen molar-refractivity contribution in [2.45, 2.75) is 11.1 Å². The molecule has 23 heavy (non-hydrogen) atoms. The van der Waals surface area contributed by atoms with E-state index in [1.807, 2.05) is 0 Å². The summed E-state index contributed by atoms with van der Waals surface area (Å²) in [5.74, 6) is -1.05. The van der Waals surface area contributed by atoms with E-state index in [9.17, 15) is 26.4 Å². The molecule has 1 aromatic rings. The molecule has 2 rings (SSSR count). The molecule has 0 radical (unpaired) electrons. The lowest BCUT2D eigenvalue weighted by atomic mass is 10.1. The second-order valence-electron chi connectivity index (χ2n) is 4.75. The Bertz CT molecular complexity index is 696. The zero-order valence-electron chi connectivity index (χ0n) is 12.1. The highest BCUT2D eigenvalue weighted by Crippen LogP contribution is 2.32. The van der Waals surface area contributed by atoms with Crippen molar-refractivity contribution in [2.75, 3.05) is 33.4 Å². The molecular formula is C13H14F3NO5S. The van der Waals surface area contributed by atoms with Crippen LogP contribution in [0.1, 0.15) is 15.9 Å². The highest BCUT2D eigenvalue weighted by molar-refractivity contribution is 7.89. The number of alkyl halides is 3. The lowest BCUT2D eigenvalue weighted by molar-refractivity contribution is -0.137. The van der Waals surface area contributed by atoms with E-state index in [0.717, 1.165) is 17.5 Å². The minimum atomic E-state index is -4.79. The van der Waals surface area contributed by atoms with Crippen LogP contribution in [-0.2, 0) is 25.7 Å². The van der Waals surface area contributed by atoms with E-state index in [1.165, 1.54) is 0 Å². The summed E-state index contributed by atoms with van der Waals surface area (Å²) in [5.41, 5.74) is -1.71. The number of esters is 1. The van der Waals surface area contributed by atoms with Crippen LogP contribution in [0.2, 0.25) is 0 Å². The maximum Gasteiger partial charge on any atom is 0.416 e. The molecule has 1 aliphatic rings. The molecule has 0 aromatic heterocycles. The van der Waals surface area contributed by atoms with Gasteiger partial charge in [-0.25, -0.2) is 13.2 Å². The predicted octanol–water partition coefficient (Wildman–Crippen LogP) is 1.51. The largest absolute Gasteiger partial charge is 0.465 e. The topological polar surface area (TPSA) is 72.9 Å². The van der Waals surface area contributed by atoms with Gasteiger partial charge >= 0.3 is 12.1 Å². The van der Waals surface area contributed by atoms with Crippen LogP contribution in [0, 0.1) is 0 Å². The molecule has 0 aliphatic carbocycles. The Kier molecular flexibility index (Phi) is 4.97. The third kappa shape index (κ3) is 3.82. The maximum atomic E-state index is 13.0. The maximum absolute atomic E-state index is 13.0. The first kappa shape index (κ1) is 17.7. The molecule has 128 valence electrons. The molecular weight excluding hydrogens is 339 g/mol. The number of hydrogen-bond acceptors (Lipinski definition) is 5. The number of rotatable bonds is 3. The molecule has 0 unspecified atom stereocenters. The van der Waals surface area contributed by atoms with Gasteiger partial charge in [0.25, 0.3) is 0 Å². The number of sulfonamides is 1. The number of nitrogens with zero attached hydrogens (tertiary/aromatic N) is 1. The number of methoxy groups -OCH3 is 1. The van der Waals surface area contributed by atoms with Crippen LogP contribution < -0.4 is 0 Å². The molecule has 0 saturated carbocycles. The Hall–Kier alpha value is -1.65. The highest BCUT2D eigenvalue weighted by Gasteiger charge is 2.35. The van der Waals surface area contributed by atoms with Crippen molar-refractivity contribution in [1.82, 2.24) is 4.31 Å². The Labute approximate surface area is 130 Å². The standard InChI is InChI=1S/C13H14F3NO5S/c1-21-12(18)9-6-10(13(14,15)16)8-11(7-9)23(19,20)17-2-4-22-5-3-17/h6-8H,2-5H2,1H3. The van der Waals surface area contributed by atoms with Crippen molar-refractivity contribution in [2.24, 2.45) is 0 Å². The van der Waals surface area contributed by atoms with Gasteiger partial charge in [0.1, 0.15) is 0 Å². The average molecular weight is 353 g/mol. The predicted molar refractivity (Wildman–Crippen MR) is 72.4 cm³/mol. The summed E-state index contributed by atoms with van der Waals surface area (Å²) in [6.45, 7) is 0.377. The van der Waals surface area contributed by atoms with Crippen LogP contribution >= 0.6 is 0 Å². The summed E-state index contributed by atoms with van der Waals surface area (Å²) in [6, 6.07) is 1.95. The molecule has 1 heterocycles. The molecule has 0 N–H and O–H groups in total. The fraction of sp³-hybridized carbons (Fsp3) is 0.462. The van der Waals surface area contributed by atoms with Gasteiger partial charge in [-0.15, -0.1) is 0 Å². The Morgan fingerprint density at radius 3 is 2.35 bits per heavy atom. The summed E-state index contributed by atoms with van der Waals surface area (Å²) in [4.78, 5) is 10.9. The normalized spacial score (nSPS) is 17.0. The molecule has 1 aliphatic heterocycles. The van der Waals surface area contributed by atoms with E-state index in [2.05, 4.69) is 4.74 Å². The third-order valence-corrected chi connectivity index (χ3v) is 5.14. The zero-order valence-corrected chi connectivity index (χ0v) is 12.9. The monoisotopic (exact) mass is 353 g/mol. The number of ether oxygens (including phenoxy) is 2. The van der Waals surface area contributed by atoms with Crippen LogP contribution in [0.15, 0.2) is 23.1 Å². The van der Waals surface area contributed by atoms with Crippen molar-refractivity contribution in [3.05, 3.63) is 29.3 Å². The van der Waals surface area contributed by atoms with Crippen LogP contribution in [0.3, 0.4) is 0 Å². The molecule has 1 saturated heterocycles. The van der Waals surface area contributed by atoms with Crippen LogP contribution in [0.5, 0.6) is 0 Å². The van der Waals surface area contributed by atoms with E-state index >= 15 is 0 Å². The van der Waals surface area contributed by atoms with Gasteiger partial charge in [-0.2, -0.15) is 17.5 Å². The minimum absolute atomic E-state index is 0.0339. The second kappa shape index (κ2) is 6.46. The van der Waals surface area contributed by atoms with Gasteiger partial charge in [-0.1, -0.05) is 0 Å². The first-order valence-corrected chi connectivity index (χ1v) is 7.99. The van der Waals surface area contributed by atoms with Crippen LogP contribution in [-0.4, -0.2) is 52.1 Å². The van der Waals surface area contributed by atoms with Gasteiger partial charge < -0.3 is 9.47 Å². The van der Waals surface area contributed by atoms with E-state index in [4.69, 9.17) is 4.74 Å². The smallest absolute Gasteiger partial charge is 0.416 e. The SMILES string of the molecule is COC(=O)c1cc(C(F)(F)F)cc(S(=O)(=O)N2CCOCC2)c1. The van der Waals surface area contributed by atoms with Crippen molar-refractivity contribution in [3.63, 3.8) is 0 Å². The fourth-order valence-corrected chi connectivity index (χ4v) is 3.56. The minimum Gasteiger partial charge on any atom is -0.465 e. The summed E-state index contributed by atoms with van der Waals surface area (Å²) in [7, 11) is -3.16. The van der Waals surface area contributed by atoms with Crippen molar-refractivity contribution < 1.29 is 35.9 Å². The van der Waals surface area contributed by atoms with Gasteiger partial charge in [0, 0.05) is 13.1 Å². The van der Waals surface area contributed by atoms with Gasteiger partial charge in [0.15, 0.2) is 0 Å². The second-order valence-corrected chi connectivity index (χ2v) is 6.69. The fourth-order valence-electron chi connectivity index (χ4n) is 2.08. The summed E-state index contributed by atoms with van der Waals surface area (Å²) >= 11 is 0. The first-order chi connectivity index (χ1) is 10.7. The van der Waals surface area contributed by atoms with Gasteiger partial charge in [-0.05, 0) is 18.2 Å². The zero-order chi connectivity index (χ0) is 17.3. The Morgan fingerprint density at radius 1 is 1.22 bits per heavy atom. The summed E-state index contributed by atoms with van der Waals surface area (Å²) in [5, 5.41) is 0. The molecule has 10 heteroatoms. The third-order valence-electron chi connectivity index (χ3n) is 3.26. The van der Waals surface area contributed by atoms with Gasteiger partial charge in [0.05, 0.1) is 36.3 Å². The lowest BCUT2D eigenvalue weighted by Crippen LogP contribution is -2.40. The average Bonchev–Trinajstić information content (AvgIpc) is 2.53. The number of carbonyl (C=O) groups is 1. The van der Waals surface area contributed by atoms with E-state index in [0.29, 0.717) is 12.1 Å². The van der Waals surface area contributed by atoms with Gasteiger partial charge in [0.2, 0.25) is 10.0 Å². The van der Waals surface area contributed by atoms with E-state index in [1.54, 1.807) is 0 Å². The molecule has 1 aromatic carbocycles. The lowest BCUT2D eigenvalue weighted by Gasteiger charge is -2.26. The number of morpholine rings is 1. The quantitative estimate of drug-likeness (QED) is 0.771. The van der Waals surface area contributed by atoms with Gasteiger partial charge in [-0.3, -0.25) is 0 Å². The molecule has 0 bridgehead atoms. The number of benzene rings is 1. The first-order valence-electron chi connectivity index (χ1n) is 6.55. The Balaban J connectivity index is 2.54. The van der Waals surface area contributed by atoms with Crippen molar-refractivity contribution >= 4 is 16.0 Å². The highest BCUT2D eigenvalue weighted by atomic mass is 32.2. The Morgan fingerprint density at radius 2 is 1.83 bits per heavy atom. The summed E-state index contributed by atoms with van der Waals surface area (Å²) in [6.07, 6.45) is -4.79. The van der Waals surface area contributed by atoms with E-state index < -0.39 is 38.2 Å². The van der Waals surface area contributed by atoms with Crippen molar-refractivity contribution in [1.29, 1.82) is 0 Å². The molecule has 0 atom stereocenters. The molecule has 0 amide bonds. The molecule has 1 fully saturated rings. The summed E-state index contributed by atoms with van der Waals surface area (Å²) < 4.78 is 74.3. The number of halogens is 3. The van der Waals surface area contributed by atoms with Crippen LogP contribution in [0.25, 0.3) is 0 Å².